The van der Waals surface area contributed by atoms with Crippen LogP contribution in [-0.4, -0.2) is 48.8 Å². The number of rotatable bonds is 8. The number of nitrogens with one attached hydrogen (secondary N) is 2. The molecule has 9 heteroatoms. The predicted octanol–water partition coefficient (Wildman–Crippen LogP) is 3.87. The second kappa shape index (κ2) is 11.7. The molecule has 1 aromatic carbocycles. The van der Waals surface area contributed by atoms with E-state index in [4.69, 9.17) is 0 Å². The van der Waals surface area contributed by atoms with Crippen molar-refractivity contribution in [1.29, 1.82) is 0 Å². The molecule has 2 N–H and O–H groups in total. The number of ether oxygens (including phenoxy) is 1. The molecule has 0 bridgehead atoms. The van der Waals surface area contributed by atoms with Gasteiger partial charge in [0, 0.05) is 38.9 Å². The molecule has 0 aliphatic carbocycles. The average molecular weight is 450 g/mol. The van der Waals surface area contributed by atoms with E-state index in [-0.39, 0.29) is 5.88 Å². The van der Waals surface area contributed by atoms with Crippen molar-refractivity contribution in [2.24, 2.45) is 4.99 Å². The number of halogens is 3. The van der Waals surface area contributed by atoms with Crippen molar-refractivity contribution in [3.05, 3.63) is 59.3 Å². The van der Waals surface area contributed by atoms with Crippen LogP contribution in [0.5, 0.6) is 5.88 Å². The van der Waals surface area contributed by atoms with Crippen molar-refractivity contribution in [2.45, 2.75) is 45.1 Å². The van der Waals surface area contributed by atoms with E-state index in [1.807, 2.05) is 0 Å². The summed E-state index contributed by atoms with van der Waals surface area (Å²) in [4.78, 5) is 10.6. The molecule has 2 heterocycles. The maximum atomic E-state index is 12.2. The van der Waals surface area contributed by atoms with Gasteiger partial charge in [-0.05, 0) is 42.6 Å². The molecule has 174 valence electrons. The van der Waals surface area contributed by atoms with Crippen LogP contribution in [0.15, 0.2) is 47.6 Å². The van der Waals surface area contributed by atoms with E-state index in [1.54, 1.807) is 13.1 Å². The van der Waals surface area contributed by atoms with Crippen LogP contribution in [0.3, 0.4) is 0 Å². The monoisotopic (exact) mass is 449 g/mol. The molecule has 1 aromatic heterocycles. The first-order chi connectivity index (χ1) is 15.4. The van der Waals surface area contributed by atoms with Crippen molar-refractivity contribution in [3.8, 4) is 5.88 Å². The lowest BCUT2D eigenvalue weighted by Gasteiger charge is -2.26. The van der Waals surface area contributed by atoms with E-state index in [9.17, 15) is 13.2 Å². The summed E-state index contributed by atoms with van der Waals surface area (Å²) in [5.41, 5.74) is 3.28. The number of hydrogen-bond acceptors (Lipinski definition) is 4. The summed E-state index contributed by atoms with van der Waals surface area (Å²) < 4.78 is 41.2. The number of likely N-dealkylation sites (tertiary alicyclic amines) is 1. The van der Waals surface area contributed by atoms with Crippen LogP contribution in [-0.2, 0) is 19.6 Å². The molecular formula is C23H30F3N5O. The molecule has 0 saturated carbocycles. The fourth-order valence-electron chi connectivity index (χ4n) is 3.49. The summed E-state index contributed by atoms with van der Waals surface area (Å²) in [6, 6.07) is 11.7. The van der Waals surface area contributed by atoms with Gasteiger partial charge in [-0.1, -0.05) is 36.8 Å². The molecule has 3 rings (SSSR count). The Labute approximate surface area is 186 Å². The number of pyridine rings is 1. The van der Waals surface area contributed by atoms with Gasteiger partial charge in [0.2, 0.25) is 5.88 Å². The SMILES string of the molecule is CN=C(NCc1ccc(CN2CCCCC2)cc1)NCc1ccc(OCC(F)(F)F)nc1. The predicted molar refractivity (Wildman–Crippen MR) is 118 cm³/mol. The lowest BCUT2D eigenvalue weighted by atomic mass is 10.1. The summed E-state index contributed by atoms with van der Waals surface area (Å²) >= 11 is 0. The molecule has 1 fully saturated rings. The Balaban J connectivity index is 1.40. The van der Waals surface area contributed by atoms with Gasteiger partial charge in [0.1, 0.15) is 0 Å². The van der Waals surface area contributed by atoms with Crippen LogP contribution in [0, 0.1) is 0 Å². The summed E-state index contributed by atoms with van der Waals surface area (Å²) in [7, 11) is 1.68. The Morgan fingerprint density at radius 1 is 0.969 bits per heavy atom. The topological polar surface area (TPSA) is 61.8 Å². The molecule has 1 aliphatic rings. The maximum absolute atomic E-state index is 12.2. The van der Waals surface area contributed by atoms with Gasteiger partial charge in [-0.3, -0.25) is 9.89 Å². The molecule has 0 atom stereocenters. The number of nitrogens with zero attached hydrogens (tertiary/aromatic N) is 3. The number of aromatic nitrogens is 1. The van der Waals surface area contributed by atoms with E-state index in [2.05, 4.69) is 54.5 Å². The van der Waals surface area contributed by atoms with Crippen molar-refractivity contribution in [2.75, 3.05) is 26.7 Å². The average Bonchev–Trinajstić information content (AvgIpc) is 2.80. The first-order valence-corrected chi connectivity index (χ1v) is 10.8. The van der Waals surface area contributed by atoms with E-state index >= 15 is 0 Å². The second-order valence-electron chi connectivity index (χ2n) is 7.84. The smallest absolute Gasteiger partial charge is 0.422 e. The molecular weight excluding hydrogens is 419 g/mol. The number of alkyl halides is 3. The van der Waals surface area contributed by atoms with Crippen molar-refractivity contribution >= 4 is 5.96 Å². The van der Waals surface area contributed by atoms with Gasteiger partial charge < -0.3 is 15.4 Å². The molecule has 0 spiro atoms. The molecule has 1 saturated heterocycles. The standard InChI is InChI=1S/C23H30F3N5O/c1-27-22(30-15-20-9-10-21(28-14-20)32-17-23(24,25)26)29-13-18-5-7-19(8-6-18)16-31-11-3-2-4-12-31/h5-10,14H,2-4,11-13,15-17H2,1H3,(H2,27,29,30). The third-order valence-electron chi connectivity index (χ3n) is 5.20. The minimum atomic E-state index is -4.38. The van der Waals surface area contributed by atoms with E-state index in [0.717, 1.165) is 17.7 Å². The lowest BCUT2D eigenvalue weighted by molar-refractivity contribution is -0.154. The second-order valence-corrected chi connectivity index (χ2v) is 7.84. The largest absolute Gasteiger partial charge is 0.468 e. The first kappa shape index (κ1) is 23.8. The molecule has 2 aromatic rings. The van der Waals surface area contributed by atoms with E-state index in [1.165, 1.54) is 50.2 Å². The zero-order valence-corrected chi connectivity index (χ0v) is 18.3. The van der Waals surface area contributed by atoms with Gasteiger partial charge in [-0.2, -0.15) is 13.2 Å². The Kier molecular flexibility index (Phi) is 8.72. The van der Waals surface area contributed by atoms with Crippen molar-refractivity contribution < 1.29 is 17.9 Å². The number of benzene rings is 1. The van der Waals surface area contributed by atoms with Crippen LogP contribution in [0.1, 0.15) is 36.0 Å². The summed E-state index contributed by atoms with van der Waals surface area (Å²) in [6.07, 6.45) is 1.02. The number of hydrogen-bond donors (Lipinski definition) is 2. The van der Waals surface area contributed by atoms with Crippen LogP contribution in [0.4, 0.5) is 13.2 Å². The third kappa shape index (κ3) is 8.37. The van der Waals surface area contributed by atoms with Gasteiger partial charge in [-0.15, -0.1) is 0 Å². The van der Waals surface area contributed by atoms with Crippen LogP contribution in [0.2, 0.25) is 0 Å². The molecule has 0 amide bonds. The highest BCUT2D eigenvalue weighted by Gasteiger charge is 2.28. The molecule has 32 heavy (non-hydrogen) atoms. The molecule has 0 unspecified atom stereocenters. The molecule has 1 aliphatic heterocycles. The highest BCUT2D eigenvalue weighted by Crippen LogP contribution is 2.17. The summed E-state index contributed by atoms with van der Waals surface area (Å²) in [5.74, 6) is 0.567. The fraction of sp³-hybridized carbons (Fsp3) is 0.478. The van der Waals surface area contributed by atoms with Crippen molar-refractivity contribution in [1.82, 2.24) is 20.5 Å². The van der Waals surface area contributed by atoms with Crippen molar-refractivity contribution in [3.63, 3.8) is 0 Å². The highest BCUT2D eigenvalue weighted by molar-refractivity contribution is 5.79. The van der Waals surface area contributed by atoms with E-state index in [0.29, 0.717) is 19.0 Å². The van der Waals surface area contributed by atoms with Gasteiger partial charge in [0.05, 0.1) is 0 Å². The zero-order chi connectivity index (χ0) is 22.8. The minimum absolute atomic E-state index is 0.0580. The van der Waals surface area contributed by atoms with Gasteiger partial charge in [-0.25, -0.2) is 4.98 Å². The number of aliphatic imine (C=N–C) groups is 1. The maximum Gasteiger partial charge on any atom is 0.422 e. The van der Waals surface area contributed by atoms with E-state index < -0.39 is 12.8 Å². The van der Waals surface area contributed by atoms with Crippen LogP contribution >= 0.6 is 0 Å². The van der Waals surface area contributed by atoms with Gasteiger partial charge >= 0.3 is 6.18 Å². The van der Waals surface area contributed by atoms with Gasteiger partial charge in [0.25, 0.3) is 0 Å². The number of guanidine groups is 1. The zero-order valence-electron chi connectivity index (χ0n) is 18.3. The fourth-order valence-corrected chi connectivity index (χ4v) is 3.49. The first-order valence-electron chi connectivity index (χ1n) is 10.8. The minimum Gasteiger partial charge on any atom is -0.468 e. The van der Waals surface area contributed by atoms with Gasteiger partial charge in [0.15, 0.2) is 12.6 Å². The Morgan fingerprint density at radius 2 is 1.59 bits per heavy atom. The normalized spacial score (nSPS) is 15.4. The molecule has 0 radical (unpaired) electrons. The Morgan fingerprint density at radius 3 is 2.19 bits per heavy atom. The Hall–Kier alpha value is -2.81. The Bertz CT molecular complexity index is 847. The highest BCUT2D eigenvalue weighted by atomic mass is 19.4. The van der Waals surface area contributed by atoms with Crippen LogP contribution in [0.25, 0.3) is 0 Å². The summed E-state index contributed by atoms with van der Waals surface area (Å²) in [5, 5.41) is 6.43. The summed E-state index contributed by atoms with van der Waals surface area (Å²) in [6.45, 7) is 3.08. The third-order valence-corrected chi connectivity index (χ3v) is 5.20. The number of piperidine rings is 1. The quantitative estimate of drug-likeness (QED) is 0.473. The lowest BCUT2D eigenvalue weighted by Crippen LogP contribution is -2.36. The van der Waals surface area contributed by atoms with Crippen LogP contribution < -0.4 is 15.4 Å². The molecule has 6 nitrogen and oxygen atoms in total.